The lowest BCUT2D eigenvalue weighted by Gasteiger charge is -2.18. The van der Waals surface area contributed by atoms with Gasteiger partial charge in [-0.05, 0) is 31.2 Å². The van der Waals surface area contributed by atoms with E-state index in [0.29, 0.717) is 17.4 Å². The number of hydrogen-bond donors (Lipinski definition) is 0. The van der Waals surface area contributed by atoms with Crippen molar-refractivity contribution in [1.29, 1.82) is 5.26 Å². The van der Waals surface area contributed by atoms with Gasteiger partial charge in [0, 0.05) is 0 Å². The zero-order chi connectivity index (χ0) is 13.7. The molecule has 0 amide bonds. The number of ether oxygens (including phenoxy) is 1. The molecule has 0 spiro atoms. The fourth-order valence-electron chi connectivity index (χ4n) is 1.66. The standard InChI is InChI=1S/C14H21N3O/c1-6-11-12(8-15)14(17-16-13(11)7-2)18-10(5)9(3)4/h9-10H,6-7H2,1-5H3. The summed E-state index contributed by atoms with van der Waals surface area (Å²) in [6.45, 7) is 10.2. The molecule has 0 fully saturated rings. The van der Waals surface area contributed by atoms with Gasteiger partial charge in [0.25, 0.3) is 5.88 Å². The maximum atomic E-state index is 9.30. The maximum absolute atomic E-state index is 9.30. The van der Waals surface area contributed by atoms with Crippen LogP contribution < -0.4 is 4.74 Å². The van der Waals surface area contributed by atoms with E-state index in [9.17, 15) is 5.26 Å². The summed E-state index contributed by atoms with van der Waals surface area (Å²) in [5.74, 6) is 0.738. The van der Waals surface area contributed by atoms with Gasteiger partial charge in [-0.15, -0.1) is 5.10 Å². The first-order chi connectivity index (χ1) is 8.54. The van der Waals surface area contributed by atoms with E-state index in [2.05, 4.69) is 30.1 Å². The molecule has 0 aromatic carbocycles. The van der Waals surface area contributed by atoms with Crippen LogP contribution in [-0.4, -0.2) is 16.3 Å². The van der Waals surface area contributed by atoms with Gasteiger partial charge in [0.15, 0.2) is 0 Å². The van der Waals surface area contributed by atoms with Crippen LogP contribution in [0, 0.1) is 17.2 Å². The molecule has 1 heterocycles. The van der Waals surface area contributed by atoms with Crippen LogP contribution in [0.2, 0.25) is 0 Å². The van der Waals surface area contributed by atoms with Crippen molar-refractivity contribution >= 4 is 0 Å². The van der Waals surface area contributed by atoms with Gasteiger partial charge < -0.3 is 4.74 Å². The molecule has 1 atom stereocenters. The molecular weight excluding hydrogens is 226 g/mol. The van der Waals surface area contributed by atoms with Crippen LogP contribution in [0.25, 0.3) is 0 Å². The summed E-state index contributed by atoms with van der Waals surface area (Å²) in [5.41, 5.74) is 2.39. The fraction of sp³-hybridized carbons (Fsp3) is 0.643. The second kappa shape index (κ2) is 6.34. The Balaban J connectivity index is 3.18. The Morgan fingerprint density at radius 1 is 1.17 bits per heavy atom. The first kappa shape index (κ1) is 14.4. The summed E-state index contributed by atoms with van der Waals surface area (Å²) in [6.07, 6.45) is 1.57. The molecule has 1 aromatic rings. The lowest BCUT2D eigenvalue weighted by atomic mass is 10.0. The molecule has 0 aliphatic carbocycles. The molecule has 0 bridgehead atoms. The molecule has 0 aliphatic rings. The Kier molecular flexibility index (Phi) is 5.08. The molecular formula is C14H21N3O. The van der Waals surface area contributed by atoms with E-state index in [0.717, 1.165) is 24.1 Å². The largest absolute Gasteiger partial charge is 0.472 e. The number of rotatable bonds is 5. The van der Waals surface area contributed by atoms with Crippen molar-refractivity contribution in [3.63, 3.8) is 0 Å². The lowest BCUT2D eigenvalue weighted by Crippen LogP contribution is -2.21. The summed E-state index contributed by atoms with van der Waals surface area (Å²) in [4.78, 5) is 0. The van der Waals surface area contributed by atoms with Gasteiger partial charge in [-0.2, -0.15) is 10.4 Å². The minimum absolute atomic E-state index is 0.0172. The average Bonchev–Trinajstić information content (AvgIpc) is 2.37. The van der Waals surface area contributed by atoms with Gasteiger partial charge in [-0.3, -0.25) is 0 Å². The van der Waals surface area contributed by atoms with E-state index in [1.807, 2.05) is 20.8 Å². The van der Waals surface area contributed by atoms with Crippen molar-refractivity contribution in [2.24, 2.45) is 5.92 Å². The SMILES string of the molecule is CCc1nnc(OC(C)C(C)C)c(C#N)c1CC. The molecule has 18 heavy (non-hydrogen) atoms. The van der Waals surface area contributed by atoms with Crippen molar-refractivity contribution in [1.82, 2.24) is 10.2 Å². The van der Waals surface area contributed by atoms with Crippen LogP contribution in [-0.2, 0) is 12.8 Å². The van der Waals surface area contributed by atoms with Gasteiger partial charge in [-0.25, -0.2) is 0 Å². The predicted octanol–water partition coefficient (Wildman–Crippen LogP) is 2.90. The van der Waals surface area contributed by atoms with Crippen LogP contribution in [0.15, 0.2) is 0 Å². The highest BCUT2D eigenvalue weighted by molar-refractivity contribution is 5.46. The van der Waals surface area contributed by atoms with Crippen LogP contribution in [0.4, 0.5) is 0 Å². The molecule has 0 radical (unpaired) electrons. The van der Waals surface area contributed by atoms with E-state index in [-0.39, 0.29) is 6.10 Å². The number of nitrogens with zero attached hydrogens (tertiary/aromatic N) is 3. The second-order valence-corrected chi connectivity index (χ2v) is 4.69. The van der Waals surface area contributed by atoms with Crippen LogP contribution in [0.5, 0.6) is 5.88 Å². The molecule has 98 valence electrons. The third kappa shape index (κ3) is 2.98. The molecule has 0 saturated carbocycles. The molecule has 0 N–H and O–H groups in total. The van der Waals surface area contributed by atoms with Crippen molar-refractivity contribution in [2.45, 2.75) is 53.6 Å². The minimum atomic E-state index is 0.0172. The van der Waals surface area contributed by atoms with Gasteiger partial charge >= 0.3 is 0 Å². The minimum Gasteiger partial charge on any atom is -0.472 e. The smallest absolute Gasteiger partial charge is 0.252 e. The Bertz CT molecular complexity index is 449. The lowest BCUT2D eigenvalue weighted by molar-refractivity contribution is 0.161. The Morgan fingerprint density at radius 2 is 1.83 bits per heavy atom. The van der Waals surface area contributed by atoms with Gasteiger partial charge in [-0.1, -0.05) is 27.7 Å². The quantitative estimate of drug-likeness (QED) is 0.802. The molecule has 1 rings (SSSR count). The average molecular weight is 247 g/mol. The monoisotopic (exact) mass is 247 g/mol. The normalized spacial score (nSPS) is 12.3. The molecule has 0 aliphatic heterocycles. The summed E-state index contributed by atoms with van der Waals surface area (Å²) in [5, 5.41) is 17.5. The van der Waals surface area contributed by atoms with E-state index >= 15 is 0 Å². The predicted molar refractivity (Wildman–Crippen MR) is 70.4 cm³/mol. The third-order valence-corrected chi connectivity index (χ3v) is 3.16. The number of aromatic nitrogens is 2. The number of hydrogen-bond acceptors (Lipinski definition) is 4. The first-order valence-electron chi connectivity index (χ1n) is 6.50. The topological polar surface area (TPSA) is 58.8 Å². The summed E-state index contributed by atoms with van der Waals surface area (Å²) < 4.78 is 5.74. The summed E-state index contributed by atoms with van der Waals surface area (Å²) >= 11 is 0. The van der Waals surface area contributed by atoms with Crippen molar-refractivity contribution in [3.8, 4) is 11.9 Å². The van der Waals surface area contributed by atoms with Crippen LogP contribution in [0.3, 0.4) is 0 Å². The molecule has 4 nitrogen and oxygen atoms in total. The van der Waals surface area contributed by atoms with Crippen molar-refractivity contribution in [3.05, 3.63) is 16.8 Å². The summed E-state index contributed by atoms with van der Waals surface area (Å²) in [7, 11) is 0. The van der Waals surface area contributed by atoms with E-state index in [1.165, 1.54) is 0 Å². The molecule has 4 heteroatoms. The van der Waals surface area contributed by atoms with Gasteiger partial charge in [0.1, 0.15) is 17.7 Å². The Hall–Kier alpha value is -1.63. The Labute approximate surface area is 109 Å². The Morgan fingerprint density at radius 3 is 2.28 bits per heavy atom. The summed E-state index contributed by atoms with van der Waals surface area (Å²) in [6, 6.07) is 2.21. The van der Waals surface area contributed by atoms with E-state index < -0.39 is 0 Å². The highest BCUT2D eigenvalue weighted by atomic mass is 16.5. The van der Waals surface area contributed by atoms with Crippen LogP contribution >= 0.6 is 0 Å². The molecule has 1 aromatic heterocycles. The van der Waals surface area contributed by atoms with Crippen molar-refractivity contribution in [2.75, 3.05) is 0 Å². The van der Waals surface area contributed by atoms with Gasteiger partial charge in [0.05, 0.1) is 5.69 Å². The van der Waals surface area contributed by atoms with Gasteiger partial charge in [0.2, 0.25) is 0 Å². The first-order valence-corrected chi connectivity index (χ1v) is 6.50. The third-order valence-electron chi connectivity index (χ3n) is 3.16. The zero-order valence-electron chi connectivity index (χ0n) is 11.8. The number of aryl methyl sites for hydroxylation is 1. The maximum Gasteiger partial charge on any atom is 0.252 e. The molecule has 0 saturated heterocycles. The van der Waals surface area contributed by atoms with Crippen LogP contribution in [0.1, 0.15) is 51.4 Å². The van der Waals surface area contributed by atoms with E-state index in [1.54, 1.807) is 0 Å². The second-order valence-electron chi connectivity index (χ2n) is 4.69. The molecule has 1 unspecified atom stereocenters. The highest BCUT2D eigenvalue weighted by Crippen LogP contribution is 2.23. The van der Waals surface area contributed by atoms with E-state index in [4.69, 9.17) is 4.74 Å². The zero-order valence-corrected chi connectivity index (χ0v) is 11.8. The fourth-order valence-corrected chi connectivity index (χ4v) is 1.66. The highest BCUT2D eigenvalue weighted by Gasteiger charge is 2.18. The number of nitriles is 1. The van der Waals surface area contributed by atoms with Crippen molar-refractivity contribution < 1.29 is 4.74 Å².